The van der Waals surface area contributed by atoms with Gasteiger partial charge in [-0.2, -0.15) is 0 Å². The Bertz CT molecular complexity index is 387. The molecule has 80 valence electrons. The second kappa shape index (κ2) is 3.56. The molecule has 1 aromatic rings. The van der Waals surface area contributed by atoms with Gasteiger partial charge in [0.05, 0.1) is 5.54 Å². The van der Waals surface area contributed by atoms with Crippen molar-refractivity contribution in [1.29, 1.82) is 0 Å². The molecule has 15 heavy (non-hydrogen) atoms. The Kier molecular flexibility index (Phi) is 2.37. The molecule has 1 fully saturated rings. The number of pyridine rings is 1. The van der Waals surface area contributed by atoms with E-state index < -0.39 is 10.5 Å². The van der Waals surface area contributed by atoms with Gasteiger partial charge in [-0.25, -0.2) is 0 Å². The highest BCUT2D eigenvalue weighted by molar-refractivity contribution is 5.32. The summed E-state index contributed by atoms with van der Waals surface area (Å²) >= 11 is 0. The van der Waals surface area contributed by atoms with Crippen LogP contribution in [0.5, 0.6) is 0 Å². The van der Waals surface area contributed by atoms with Gasteiger partial charge in [0.25, 0.3) is 0 Å². The van der Waals surface area contributed by atoms with E-state index in [0.717, 1.165) is 18.5 Å². The van der Waals surface area contributed by atoms with Gasteiger partial charge in [0.2, 0.25) is 0 Å². The molecule has 0 bridgehead atoms. The summed E-state index contributed by atoms with van der Waals surface area (Å²) in [7, 11) is 0. The first-order valence-corrected chi connectivity index (χ1v) is 4.72. The minimum atomic E-state index is -0.505. The third kappa shape index (κ3) is 1.81. The normalized spacial score (nSPS) is 25.4. The molecule has 0 spiro atoms. The van der Waals surface area contributed by atoms with E-state index in [9.17, 15) is 10.1 Å². The number of nitrogens with one attached hydrogen (secondary N) is 1. The lowest BCUT2D eigenvalue weighted by Gasteiger charge is -2.22. The Morgan fingerprint density at radius 2 is 2.47 bits per heavy atom. The quantitative estimate of drug-likeness (QED) is 0.532. The third-order valence-corrected chi connectivity index (χ3v) is 2.70. The molecule has 3 N–H and O–H groups in total. The van der Waals surface area contributed by atoms with Crippen molar-refractivity contribution in [2.75, 3.05) is 13.1 Å². The molecule has 0 radical (unpaired) electrons. The summed E-state index contributed by atoms with van der Waals surface area (Å²) in [5, 5.41) is 13.7. The molecule has 1 aliphatic rings. The zero-order valence-electron chi connectivity index (χ0n) is 8.14. The van der Waals surface area contributed by atoms with E-state index in [-0.39, 0.29) is 5.82 Å². The lowest BCUT2D eigenvalue weighted by atomic mass is 9.91. The van der Waals surface area contributed by atoms with Crippen LogP contribution in [0.15, 0.2) is 18.3 Å². The van der Waals surface area contributed by atoms with Crippen molar-refractivity contribution in [2.45, 2.75) is 12.0 Å². The zero-order valence-corrected chi connectivity index (χ0v) is 8.14. The van der Waals surface area contributed by atoms with Crippen LogP contribution in [0.3, 0.4) is 0 Å². The van der Waals surface area contributed by atoms with Crippen molar-refractivity contribution in [3.63, 3.8) is 0 Å². The summed E-state index contributed by atoms with van der Waals surface area (Å²) in [6, 6.07) is 3.19. The maximum Gasteiger partial charge on any atom is 0.363 e. The van der Waals surface area contributed by atoms with E-state index >= 15 is 0 Å². The van der Waals surface area contributed by atoms with E-state index in [2.05, 4.69) is 10.3 Å². The van der Waals surface area contributed by atoms with Gasteiger partial charge in [0, 0.05) is 12.6 Å². The lowest BCUT2D eigenvalue weighted by Crippen LogP contribution is -2.38. The van der Waals surface area contributed by atoms with Crippen molar-refractivity contribution in [2.24, 2.45) is 5.73 Å². The minimum Gasteiger partial charge on any atom is -0.358 e. The molecule has 2 rings (SSSR count). The fourth-order valence-electron chi connectivity index (χ4n) is 1.79. The van der Waals surface area contributed by atoms with E-state index in [0.29, 0.717) is 6.54 Å². The highest BCUT2D eigenvalue weighted by Gasteiger charge is 2.32. The maximum atomic E-state index is 10.6. The van der Waals surface area contributed by atoms with Crippen LogP contribution in [0.4, 0.5) is 5.82 Å². The van der Waals surface area contributed by atoms with Gasteiger partial charge in [0.15, 0.2) is 0 Å². The summed E-state index contributed by atoms with van der Waals surface area (Å²) < 4.78 is 0. The molecule has 1 atom stereocenters. The van der Waals surface area contributed by atoms with Crippen LogP contribution < -0.4 is 11.1 Å². The minimum absolute atomic E-state index is 0.149. The van der Waals surface area contributed by atoms with Crippen LogP contribution in [0.25, 0.3) is 0 Å². The van der Waals surface area contributed by atoms with Crippen molar-refractivity contribution >= 4 is 5.82 Å². The lowest BCUT2D eigenvalue weighted by molar-refractivity contribution is -0.389. The summed E-state index contributed by atoms with van der Waals surface area (Å²) in [4.78, 5) is 13.7. The van der Waals surface area contributed by atoms with Crippen LogP contribution in [-0.4, -0.2) is 23.0 Å². The van der Waals surface area contributed by atoms with Crippen LogP contribution in [0, 0.1) is 10.1 Å². The molecule has 1 unspecified atom stereocenters. The molecule has 1 aliphatic heterocycles. The second-order valence-corrected chi connectivity index (χ2v) is 3.74. The summed E-state index contributed by atoms with van der Waals surface area (Å²) in [5.74, 6) is -0.149. The van der Waals surface area contributed by atoms with Gasteiger partial charge >= 0.3 is 5.82 Å². The van der Waals surface area contributed by atoms with Gasteiger partial charge in [-0.1, -0.05) is 0 Å². The number of hydrogen-bond acceptors (Lipinski definition) is 5. The van der Waals surface area contributed by atoms with E-state index in [1.165, 1.54) is 12.3 Å². The maximum absolute atomic E-state index is 10.6. The number of hydrogen-bond donors (Lipinski definition) is 2. The topological polar surface area (TPSA) is 94.1 Å². The Morgan fingerprint density at radius 3 is 3.07 bits per heavy atom. The number of nitro groups is 1. The molecule has 0 aromatic carbocycles. The molecule has 2 heterocycles. The Labute approximate surface area is 86.6 Å². The summed E-state index contributed by atoms with van der Waals surface area (Å²) in [5.41, 5.74) is 6.42. The fraction of sp³-hybridized carbons (Fsp3) is 0.444. The summed E-state index contributed by atoms with van der Waals surface area (Å²) in [6.45, 7) is 1.49. The number of rotatable bonds is 2. The average molecular weight is 208 g/mol. The van der Waals surface area contributed by atoms with E-state index in [4.69, 9.17) is 5.73 Å². The first kappa shape index (κ1) is 10.0. The number of aromatic nitrogens is 1. The SMILES string of the molecule is NC1(c2ccnc([N+](=O)[O-])c2)CCNC1. The molecule has 1 saturated heterocycles. The van der Waals surface area contributed by atoms with Crippen LogP contribution >= 0.6 is 0 Å². The Balaban J connectivity index is 2.36. The zero-order chi connectivity index (χ0) is 10.9. The fourth-order valence-corrected chi connectivity index (χ4v) is 1.79. The Morgan fingerprint density at radius 1 is 1.67 bits per heavy atom. The molecule has 0 amide bonds. The van der Waals surface area contributed by atoms with Crippen molar-refractivity contribution in [3.05, 3.63) is 34.0 Å². The third-order valence-electron chi connectivity index (χ3n) is 2.70. The average Bonchev–Trinajstić information content (AvgIpc) is 2.67. The molecule has 6 nitrogen and oxygen atoms in total. The van der Waals surface area contributed by atoms with E-state index in [1.807, 2.05) is 0 Å². The first-order chi connectivity index (χ1) is 7.12. The standard InChI is InChI=1S/C9H12N4O2/c10-9(2-4-11-6-9)7-1-3-12-8(5-7)13(14)15/h1,3,5,11H,2,4,6,10H2. The van der Waals surface area contributed by atoms with Crippen molar-refractivity contribution in [3.8, 4) is 0 Å². The van der Waals surface area contributed by atoms with Gasteiger partial charge in [0.1, 0.15) is 6.20 Å². The Hall–Kier alpha value is -1.53. The van der Waals surface area contributed by atoms with Crippen molar-refractivity contribution in [1.82, 2.24) is 10.3 Å². The predicted octanol–water partition coefficient (Wildman–Crippen LogP) is 0.137. The first-order valence-electron chi connectivity index (χ1n) is 4.72. The van der Waals surface area contributed by atoms with Crippen molar-refractivity contribution < 1.29 is 4.92 Å². The number of nitrogens with two attached hydrogens (primary N) is 1. The molecular weight excluding hydrogens is 196 g/mol. The molecular formula is C9H12N4O2. The molecule has 0 saturated carbocycles. The smallest absolute Gasteiger partial charge is 0.358 e. The van der Waals surface area contributed by atoms with Crippen LogP contribution in [0.2, 0.25) is 0 Å². The summed E-state index contributed by atoms with van der Waals surface area (Å²) in [6.07, 6.45) is 2.22. The van der Waals surface area contributed by atoms with Gasteiger partial charge in [-0.05, 0) is 34.5 Å². The van der Waals surface area contributed by atoms with Crippen LogP contribution in [-0.2, 0) is 5.54 Å². The number of nitrogens with zero attached hydrogens (tertiary/aromatic N) is 2. The molecule has 6 heteroatoms. The molecule has 1 aromatic heterocycles. The second-order valence-electron chi connectivity index (χ2n) is 3.74. The van der Waals surface area contributed by atoms with Crippen LogP contribution in [0.1, 0.15) is 12.0 Å². The van der Waals surface area contributed by atoms with Gasteiger partial charge in [-0.15, -0.1) is 0 Å². The monoisotopic (exact) mass is 208 g/mol. The highest BCUT2D eigenvalue weighted by atomic mass is 16.6. The predicted molar refractivity (Wildman–Crippen MR) is 54.2 cm³/mol. The van der Waals surface area contributed by atoms with Gasteiger partial charge < -0.3 is 21.2 Å². The van der Waals surface area contributed by atoms with Gasteiger partial charge in [-0.3, -0.25) is 0 Å². The van der Waals surface area contributed by atoms with E-state index in [1.54, 1.807) is 6.07 Å². The largest absolute Gasteiger partial charge is 0.363 e. The molecule has 0 aliphatic carbocycles. The highest BCUT2D eigenvalue weighted by Crippen LogP contribution is 2.26.